The molecule has 2 atom stereocenters. The number of rotatable bonds is 2. The summed E-state index contributed by atoms with van der Waals surface area (Å²) in [5.41, 5.74) is 0.619. The van der Waals surface area contributed by atoms with Crippen LogP contribution in [-0.4, -0.2) is 24.9 Å². The van der Waals surface area contributed by atoms with Gasteiger partial charge < -0.3 is 24.3 Å². The van der Waals surface area contributed by atoms with Gasteiger partial charge in [-0.15, -0.1) is 0 Å². The Balaban J connectivity index is 1.51. The van der Waals surface area contributed by atoms with Gasteiger partial charge in [0.15, 0.2) is 23.0 Å². The van der Waals surface area contributed by atoms with Gasteiger partial charge in [0.25, 0.3) is 5.91 Å². The summed E-state index contributed by atoms with van der Waals surface area (Å²) in [4.78, 5) is 12.5. The Morgan fingerprint density at radius 2 is 1.74 bits per heavy atom. The van der Waals surface area contributed by atoms with Crippen molar-refractivity contribution in [2.45, 2.75) is 19.1 Å². The second-order valence-corrected chi connectivity index (χ2v) is 5.37. The van der Waals surface area contributed by atoms with E-state index in [1.165, 1.54) is 0 Å². The van der Waals surface area contributed by atoms with Crippen molar-refractivity contribution >= 4 is 11.6 Å². The van der Waals surface area contributed by atoms with Gasteiger partial charge in [-0.05, 0) is 31.2 Å². The number of carbonyl (C=O) groups is 1. The third-order valence-corrected chi connectivity index (χ3v) is 3.74. The normalized spacial score (nSPS) is 20.9. The minimum absolute atomic E-state index is 0.195. The fraction of sp³-hybridized carbons (Fsp3) is 0.235. The molecule has 0 saturated carbocycles. The summed E-state index contributed by atoms with van der Waals surface area (Å²) in [6.45, 7) is 2.00. The lowest BCUT2D eigenvalue weighted by Gasteiger charge is -2.31. The second-order valence-electron chi connectivity index (χ2n) is 5.37. The van der Waals surface area contributed by atoms with Gasteiger partial charge in [-0.2, -0.15) is 0 Å². The molecule has 6 nitrogen and oxygen atoms in total. The van der Waals surface area contributed by atoms with Crippen molar-refractivity contribution in [3.05, 3.63) is 42.5 Å². The van der Waals surface area contributed by atoms with E-state index < -0.39 is 6.10 Å². The Kier molecular flexibility index (Phi) is 3.22. The Hall–Kier alpha value is -2.89. The van der Waals surface area contributed by atoms with Gasteiger partial charge in [-0.1, -0.05) is 12.1 Å². The molecule has 4 rings (SSSR count). The van der Waals surface area contributed by atoms with Gasteiger partial charge in [0.05, 0.1) is 0 Å². The molecule has 6 heteroatoms. The minimum atomic E-state index is -0.727. The molecule has 1 N–H and O–H groups in total. The highest BCUT2D eigenvalue weighted by molar-refractivity contribution is 5.95. The first kappa shape index (κ1) is 13.8. The fourth-order valence-electron chi connectivity index (χ4n) is 2.59. The van der Waals surface area contributed by atoms with Gasteiger partial charge in [0.2, 0.25) is 12.9 Å². The monoisotopic (exact) mass is 313 g/mol. The molecule has 0 aliphatic carbocycles. The highest BCUT2D eigenvalue weighted by atomic mass is 16.7. The number of anilines is 1. The van der Waals surface area contributed by atoms with Crippen molar-refractivity contribution in [2.75, 3.05) is 12.1 Å². The Morgan fingerprint density at radius 1 is 1.00 bits per heavy atom. The standard InChI is InChI=1S/C17H15NO5/c1-10-16(23-14-5-3-2-4-13(14)22-10)17(19)18-11-6-7-12-15(8-11)21-9-20-12/h2-8,10,16H,9H2,1H3,(H,18,19)/t10-,16-/m0/s1. The van der Waals surface area contributed by atoms with Crippen LogP contribution in [0.2, 0.25) is 0 Å². The molecule has 118 valence electrons. The molecule has 0 fully saturated rings. The van der Waals surface area contributed by atoms with E-state index in [1.807, 2.05) is 18.2 Å². The van der Waals surface area contributed by atoms with E-state index in [-0.39, 0.29) is 18.8 Å². The Morgan fingerprint density at radius 3 is 2.57 bits per heavy atom. The zero-order chi connectivity index (χ0) is 15.8. The molecule has 0 spiro atoms. The molecule has 0 bridgehead atoms. The smallest absolute Gasteiger partial charge is 0.269 e. The number of ether oxygens (including phenoxy) is 4. The SMILES string of the molecule is C[C@@H]1Oc2ccccc2O[C@@H]1C(=O)Nc1ccc2c(c1)OCO2. The van der Waals surface area contributed by atoms with E-state index in [1.54, 1.807) is 31.2 Å². The predicted molar refractivity (Wildman–Crippen MR) is 82.1 cm³/mol. The van der Waals surface area contributed by atoms with Crippen LogP contribution < -0.4 is 24.3 Å². The first-order valence-corrected chi connectivity index (χ1v) is 7.33. The molecular weight excluding hydrogens is 298 g/mol. The van der Waals surface area contributed by atoms with Crippen LogP contribution in [0, 0.1) is 0 Å². The van der Waals surface area contributed by atoms with Crippen LogP contribution in [0.25, 0.3) is 0 Å². The van der Waals surface area contributed by atoms with Gasteiger partial charge in [-0.25, -0.2) is 0 Å². The first-order valence-electron chi connectivity index (χ1n) is 7.33. The van der Waals surface area contributed by atoms with Gasteiger partial charge in [0, 0.05) is 11.8 Å². The molecule has 0 saturated heterocycles. The van der Waals surface area contributed by atoms with Crippen LogP contribution in [0.3, 0.4) is 0 Å². The van der Waals surface area contributed by atoms with Crippen molar-refractivity contribution in [1.29, 1.82) is 0 Å². The zero-order valence-electron chi connectivity index (χ0n) is 12.4. The average Bonchev–Trinajstić information content (AvgIpc) is 3.01. The number of amides is 1. The summed E-state index contributed by atoms with van der Waals surface area (Å²) in [5, 5.41) is 2.82. The molecule has 1 amide bonds. The summed E-state index contributed by atoms with van der Waals surface area (Å²) in [6.07, 6.45) is -1.12. The molecule has 0 unspecified atom stereocenters. The molecule has 0 aromatic heterocycles. The molecule has 23 heavy (non-hydrogen) atoms. The van der Waals surface area contributed by atoms with Gasteiger partial charge in [0.1, 0.15) is 6.10 Å². The van der Waals surface area contributed by atoms with E-state index in [0.717, 1.165) is 0 Å². The largest absolute Gasteiger partial charge is 0.482 e. The number of hydrogen-bond donors (Lipinski definition) is 1. The van der Waals surface area contributed by atoms with Crippen molar-refractivity contribution in [1.82, 2.24) is 0 Å². The van der Waals surface area contributed by atoms with Gasteiger partial charge >= 0.3 is 0 Å². The average molecular weight is 313 g/mol. The number of carbonyl (C=O) groups excluding carboxylic acids is 1. The van der Waals surface area contributed by atoms with E-state index in [0.29, 0.717) is 28.7 Å². The van der Waals surface area contributed by atoms with Crippen LogP contribution in [0.5, 0.6) is 23.0 Å². The second kappa shape index (κ2) is 5.39. The molecule has 2 aliphatic rings. The van der Waals surface area contributed by atoms with Crippen LogP contribution in [-0.2, 0) is 4.79 Å². The minimum Gasteiger partial charge on any atom is -0.482 e. The zero-order valence-corrected chi connectivity index (χ0v) is 12.4. The summed E-state index contributed by atoms with van der Waals surface area (Å²) in [5.74, 6) is 2.22. The lowest BCUT2D eigenvalue weighted by Crippen LogP contribution is -2.46. The lowest BCUT2D eigenvalue weighted by molar-refractivity contribution is -0.128. The number of nitrogens with one attached hydrogen (secondary N) is 1. The Labute approximate surface area is 132 Å². The number of fused-ring (bicyclic) bond motifs is 2. The quantitative estimate of drug-likeness (QED) is 0.923. The number of hydrogen-bond acceptors (Lipinski definition) is 5. The highest BCUT2D eigenvalue weighted by Crippen LogP contribution is 2.35. The molecule has 2 aromatic rings. The topological polar surface area (TPSA) is 66.0 Å². The summed E-state index contributed by atoms with van der Waals surface area (Å²) in [7, 11) is 0. The molecular formula is C17H15NO5. The van der Waals surface area contributed by atoms with Gasteiger partial charge in [-0.3, -0.25) is 4.79 Å². The van der Waals surface area contributed by atoms with Crippen molar-refractivity contribution in [2.24, 2.45) is 0 Å². The first-order chi connectivity index (χ1) is 11.2. The fourth-order valence-corrected chi connectivity index (χ4v) is 2.59. The molecule has 2 aromatic carbocycles. The van der Waals surface area contributed by atoms with Crippen LogP contribution in [0.4, 0.5) is 5.69 Å². The van der Waals surface area contributed by atoms with E-state index in [2.05, 4.69) is 5.32 Å². The predicted octanol–water partition coefficient (Wildman–Crippen LogP) is 2.58. The van der Waals surface area contributed by atoms with E-state index in [4.69, 9.17) is 18.9 Å². The third kappa shape index (κ3) is 2.52. The maximum absolute atomic E-state index is 12.5. The van der Waals surface area contributed by atoms with Crippen LogP contribution in [0.1, 0.15) is 6.92 Å². The number of benzene rings is 2. The lowest BCUT2D eigenvalue weighted by atomic mass is 10.1. The van der Waals surface area contributed by atoms with E-state index >= 15 is 0 Å². The van der Waals surface area contributed by atoms with Crippen LogP contribution >= 0.6 is 0 Å². The summed E-state index contributed by atoms with van der Waals surface area (Å²) in [6, 6.07) is 12.5. The van der Waals surface area contributed by atoms with E-state index in [9.17, 15) is 4.79 Å². The molecule has 2 aliphatic heterocycles. The van der Waals surface area contributed by atoms with Crippen molar-refractivity contribution < 1.29 is 23.7 Å². The summed E-state index contributed by atoms with van der Waals surface area (Å²) < 4.78 is 22.1. The maximum Gasteiger partial charge on any atom is 0.269 e. The summed E-state index contributed by atoms with van der Waals surface area (Å²) >= 11 is 0. The third-order valence-electron chi connectivity index (χ3n) is 3.74. The molecule has 2 heterocycles. The highest BCUT2D eigenvalue weighted by Gasteiger charge is 2.34. The maximum atomic E-state index is 12.5. The molecule has 0 radical (unpaired) electrons. The number of para-hydroxylation sites is 2. The van der Waals surface area contributed by atoms with Crippen molar-refractivity contribution in [3.63, 3.8) is 0 Å². The van der Waals surface area contributed by atoms with Crippen molar-refractivity contribution in [3.8, 4) is 23.0 Å². The van der Waals surface area contributed by atoms with Crippen LogP contribution in [0.15, 0.2) is 42.5 Å². The Bertz CT molecular complexity index is 760.